The number of rotatable bonds is 4. The zero-order valence-corrected chi connectivity index (χ0v) is 16.6. The second kappa shape index (κ2) is 6.67. The molecule has 3 aromatic heterocycles. The summed E-state index contributed by atoms with van der Waals surface area (Å²) >= 11 is 1.64. The highest BCUT2D eigenvalue weighted by Crippen LogP contribution is 2.34. The van der Waals surface area contributed by atoms with Gasteiger partial charge >= 0.3 is 0 Å². The van der Waals surface area contributed by atoms with Crippen LogP contribution < -0.4 is 5.56 Å². The second-order valence-electron chi connectivity index (χ2n) is 7.50. The fourth-order valence-corrected chi connectivity index (χ4v) is 4.95. The van der Waals surface area contributed by atoms with Crippen molar-refractivity contribution < 1.29 is 4.52 Å². The van der Waals surface area contributed by atoms with Gasteiger partial charge in [0.25, 0.3) is 5.56 Å². The van der Waals surface area contributed by atoms with E-state index in [1.807, 2.05) is 12.1 Å². The minimum absolute atomic E-state index is 0.0227. The maximum Gasteiger partial charge on any atom is 0.262 e. The van der Waals surface area contributed by atoms with Crippen LogP contribution in [0.2, 0.25) is 0 Å². The molecule has 4 aromatic rings. The average molecular weight is 392 g/mol. The first kappa shape index (κ1) is 17.3. The molecule has 5 rings (SSSR count). The number of fused-ring (bicyclic) bond motifs is 3. The lowest BCUT2D eigenvalue weighted by Gasteiger charge is -2.04. The first-order valence-electron chi connectivity index (χ1n) is 9.53. The van der Waals surface area contributed by atoms with Crippen LogP contribution in [-0.4, -0.2) is 19.7 Å². The first-order chi connectivity index (χ1) is 13.6. The third-order valence-electron chi connectivity index (χ3n) is 5.30. The molecule has 0 spiro atoms. The van der Waals surface area contributed by atoms with Crippen LogP contribution in [0.15, 0.2) is 39.9 Å². The van der Waals surface area contributed by atoms with Crippen LogP contribution in [0.4, 0.5) is 0 Å². The highest BCUT2D eigenvalue weighted by molar-refractivity contribution is 7.18. The molecule has 0 bridgehead atoms. The molecule has 0 aliphatic heterocycles. The van der Waals surface area contributed by atoms with Gasteiger partial charge in [-0.1, -0.05) is 43.3 Å². The Kier molecular flexibility index (Phi) is 4.12. The zero-order chi connectivity index (χ0) is 19.3. The Morgan fingerprint density at radius 1 is 1.21 bits per heavy atom. The van der Waals surface area contributed by atoms with Crippen molar-refractivity contribution in [1.29, 1.82) is 0 Å². The number of thiophene rings is 1. The van der Waals surface area contributed by atoms with Gasteiger partial charge in [-0.2, -0.15) is 4.98 Å². The van der Waals surface area contributed by atoms with Crippen LogP contribution in [0.3, 0.4) is 0 Å². The molecule has 0 atom stereocenters. The van der Waals surface area contributed by atoms with Crippen LogP contribution in [0.5, 0.6) is 0 Å². The fourth-order valence-electron chi connectivity index (χ4n) is 3.73. The Morgan fingerprint density at radius 2 is 2.04 bits per heavy atom. The molecule has 3 heterocycles. The van der Waals surface area contributed by atoms with Crippen LogP contribution in [-0.2, 0) is 19.4 Å². The van der Waals surface area contributed by atoms with Crippen molar-refractivity contribution in [3.8, 4) is 11.4 Å². The normalized spacial score (nSPS) is 13.5. The molecule has 6 nitrogen and oxygen atoms in total. The monoisotopic (exact) mass is 392 g/mol. The lowest BCUT2D eigenvalue weighted by atomic mass is 10.0. The van der Waals surface area contributed by atoms with Gasteiger partial charge in [0, 0.05) is 10.4 Å². The van der Waals surface area contributed by atoms with Crippen molar-refractivity contribution in [2.45, 2.75) is 45.6 Å². The van der Waals surface area contributed by atoms with Crippen LogP contribution >= 0.6 is 11.3 Å². The summed E-state index contributed by atoms with van der Waals surface area (Å²) in [7, 11) is 0. The number of nitrogens with zero attached hydrogens (tertiary/aromatic N) is 4. The topological polar surface area (TPSA) is 73.8 Å². The van der Waals surface area contributed by atoms with E-state index in [2.05, 4.69) is 41.1 Å². The predicted molar refractivity (Wildman–Crippen MR) is 109 cm³/mol. The molecular weight excluding hydrogens is 372 g/mol. The van der Waals surface area contributed by atoms with Crippen molar-refractivity contribution in [2.75, 3.05) is 0 Å². The van der Waals surface area contributed by atoms with E-state index >= 15 is 0 Å². The highest BCUT2D eigenvalue weighted by atomic mass is 32.1. The number of hydrogen-bond donors (Lipinski definition) is 0. The lowest BCUT2D eigenvalue weighted by Crippen LogP contribution is -2.21. The van der Waals surface area contributed by atoms with Crippen molar-refractivity contribution in [3.05, 3.63) is 62.8 Å². The second-order valence-corrected chi connectivity index (χ2v) is 8.59. The molecule has 28 heavy (non-hydrogen) atoms. The molecule has 0 radical (unpaired) electrons. The van der Waals surface area contributed by atoms with Gasteiger partial charge < -0.3 is 4.52 Å². The highest BCUT2D eigenvalue weighted by Gasteiger charge is 2.21. The van der Waals surface area contributed by atoms with Crippen molar-refractivity contribution in [2.24, 2.45) is 0 Å². The van der Waals surface area contributed by atoms with E-state index in [0.29, 0.717) is 17.6 Å². The lowest BCUT2D eigenvalue weighted by molar-refractivity contribution is 0.369. The fraction of sp³-hybridized carbons (Fsp3) is 0.333. The Labute approximate surface area is 165 Å². The first-order valence-corrected chi connectivity index (χ1v) is 10.3. The van der Waals surface area contributed by atoms with E-state index < -0.39 is 0 Å². The Morgan fingerprint density at radius 3 is 2.82 bits per heavy atom. The van der Waals surface area contributed by atoms with Crippen LogP contribution in [0, 0.1) is 0 Å². The van der Waals surface area contributed by atoms with Gasteiger partial charge in [0.2, 0.25) is 11.7 Å². The summed E-state index contributed by atoms with van der Waals surface area (Å²) in [6.45, 7) is 4.54. The molecule has 1 aliphatic rings. The molecule has 0 saturated carbocycles. The van der Waals surface area contributed by atoms with Gasteiger partial charge in [-0.15, -0.1) is 11.3 Å². The van der Waals surface area contributed by atoms with Crippen LogP contribution in [0.25, 0.3) is 21.6 Å². The summed E-state index contributed by atoms with van der Waals surface area (Å²) < 4.78 is 6.96. The largest absolute Gasteiger partial charge is 0.337 e. The minimum atomic E-state index is -0.0227. The van der Waals surface area contributed by atoms with Crippen molar-refractivity contribution in [1.82, 2.24) is 19.7 Å². The smallest absolute Gasteiger partial charge is 0.262 e. The van der Waals surface area contributed by atoms with E-state index in [1.54, 1.807) is 22.2 Å². The number of hydrogen-bond acceptors (Lipinski definition) is 6. The molecule has 0 amide bonds. The summed E-state index contributed by atoms with van der Waals surface area (Å²) in [5, 5.41) is 4.84. The molecular formula is C21H20N4O2S. The predicted octanol–water partition coefficient (Wildman–Crippen LogP) is 4.17. The van der Waals surface area contributed by atoms with Gasteiger partial charge in [-0.25, -0.2) is 4.98 Å². The molecule has 0 saturated heterocycles. The van der Waals surface area contributed by atoms with Crippen LogP contribution in [0.1, 0.15) is 48.1 Å². The maximum atomic E-state index is 13.0. The van der Waals surface area contributed by atoms with E-state index in [0.717, 1.165) is 35.0 Å². The van der Waals surface area contributed by atoms with E-state index in [-0.39, 0.29) is 12.1 Å². The summed E-state index contributed by atoms with van der Waals surface area (Å²) in [6.07, 6.45) is 4.72. The van der Waals surface area contributed by atoms with Gasteiger partial charge in [0.15, 0.2) is 0 Å². The molecule has 142 valence electrons. The third-order valence-corrected chi connectivity index (χ3v) is 6.50. The van der Waals surface area contributed by atoms with Crippen molar-refractivity contribution >= 4 is 21.6 Å². The zero-order valence-electron chi connectivity index (χ0n) is 15.8. The Hall–Kier alpha value is -2.80. The summed E-state index contributed by atoms with van der Waals surface area (Å²) in [5.74, 6) is 1.41. The minimum Gasteiger partial charge on any atom is -0.337 e. The molecule has 0 unspecified atom stereocenters. The molecule has 1 aromatic carbocycles. The van der Waals surface area contributed by atoms with E-state index in [1.165, 1.54) is 16.0 Å². The van der Waals surface area contributed by atoms with Crippen molar-refractivity contribution in [3.63, 3.8) is 0 Å². The number of benzene rings is 1. The average Bonchev–Trinajstić information content (AvgIpc) is 3.40. The summed E-state index contributed by atoms with van der Waals surface area (Å²) in [6, 6.07) is 8.15. The van der Waals surface area contributed by atoms with Gasteiger partial charge in [-0.3, -0.25) is 9.36 Å². The number of aromatic nitrogens is 4. The molecule has 7 heteroatoms. The molecule has 0 N–H and O–H groups in total. The number of aryl methyl sites for hydroxylation is 2. The SMILES string of the molecule is CC(C)c1ccc(-c2noc(Cn3cnc4sc5c(c4c3=O)CCC5)n2)cc1. The third kappa shape index (κ3) is 2.86. The Bertz CT molecular complexity index is 1220. The van der Waals surface area contributed by atoms with Gasteiger partial charge in [-0.05, 0) is 36.3 Å². The van der Waals surface area contributed by atoms with E-state index in [4.69, 9.17) is 4.52 Å². The summed E-state index contributed by atoms with van der Waals surface area (Å²) in [4.78, 5) is 24.1. The summed E-state index contributed by atoms with van der Waals surface area (Å²) in [5.41, 5.74) is 3.33. The van der Waals surface area contributed by atoms with Gasteiger partial charge in [0.1, 0.15) is 11.4 Å². The maximum absolute atomic E-state index is 13.0. The molecule has 1 aliphatic carbocycles. The van der Waals surface area contributed by atoms with E-state index in [9.17, 15) is 4.79 Å². The standard InChI is InChI=1S/C21H20N4O2S/c1-12(2)13-6-8-14(9-7-13)19-23-17(27-24-19)10-25-11-22-20-18(21(25)26)15-4-3-5-16(15)28-20/h6-9,11-12H,3-5,10H2,1-2H3. The van der Waals surface area contributed by atoms with Gasteiger partial charge in [0.05, 0.1) is 11.7 Å². The quantitative estimate of drug-likeness (QED) is 0.521. The molecule has 0 fully saturated rings. The Balaban J connectivity index is 1.44.